The predicted molar refractivity (Wildman–Crippen MR) is 88.3 cm³/mol. The lowest BCUT2D eigenvalue weighted by molar-refractivity contribution is -0.132. The van der Waals surface area contributed by atoms with Crippen LogP contribution in [0.1, 0.15) is 42.8 Å². The van der Waals surface area contributed by atoms with E-state index in [-0.39, 0.29) is 17.9 Å². The molecule has 6 heteroatoms. The normalized spacial score (nSPS) is 16.3. The molecular formula is C17H27N3O3. The van der Waals surface area contributed by atoms with E-state index in [1.54, 1.807) is 13.0 Å². The Hall–Kier alpha value is -1.82. The first kappa shape index (κ1) is 17.5. The quantitative estimate of drug-likeness (QED) is 0.865. The lowest BCUT2D eigenvalue weighted by Crippen LogP contribution is -2.48. The van der Waals surface area contributed by atoms with Crippen molar-refractivity contribution in [2.75, 3.05) is 32.7 Å². The van der Waals surface area contributed by atoms with Crippen LogP contribution in [0, 0.1) is 6.92 Å². The van der Waals surface area contributed by atoms with Gasteiger partial charge < -0.3 is 14.6 Å². The molecule has 6 nitrogen and oxygen atoms in total. The summed E-state index contributed by atoms with van der Waals surface area (Å²) in [6.07, 6.45) is 3.27. The van der Waals surface area contributed by atoms with Crippen LogP contribution in [0.4, 0.5) is 0 Å². The van der Waals surface area contributed by atoms with Gasteiger partial charge in [0.2, 0.25) is 5.91 Å². The van der Waals surface area contributed by atoms with E-state index in [4.69, 9.17) is 4.42 Å². The van der Waals surface area contributed by atoms with Crippen molar-refractivity contribution in [2.45, 2.75) is 39.7 Å². The van der Waals surface area contributed by atoms with Crippen molar-refractivity contribution in [3.63, 3.8) is 0 Å². The van der Waals surface area contributed by atoms with Crippen LogP contribution in [0.3, 0.4) is 0 Å². The molecule has 0 bridgehead atoms. The summed E-state index contributed by atoms with van der Waals surface area (Å²) in [6.45, 7) is 9.45. The van der Waals surface area contributed by atoms with E-state index in [9.17, 15) is 9.59 Å². The monoisotopic (exact) mass is 321 g/mol. The van der Waals surface area contributed by atoms with Crippen molar-refractivity contribution < 1.29 is 14.0 Å². The van der Waals surface area contributed by atoms with Gasteiger partial charge >= 0.3 is 0 Å². The van der Waals surface area contributed by atoms with E-state index in [0.29, 0.717) is 17.9 Å². The summed E-state index contributed by atoms with van der Waals surface area (Å²) >= 11 is 0. The van der Waals surface area contributed by atoms with Gasteiger partial charge in [0.1, 0.15) is 5.76 Å². The number of carbonyl (C=O) groups is 2. The topological polar surface area (TPSA) is 65.8 Å². The highest BCUT2D eigenvalue weighted by atomic mass is 16.3. The van der Waals surface area contributed by atoms with Crippen LogP contribution in [0.2, 0.25) is 0 Å². The molecule has 1 aromatic rings. The molecule has 0 saturated carbocycles. The van der Waals surface area contributed by atoms with Gasteiger partial charge in [0.25, 0.3) is 5.91 Å². The standard InChI is InChI=1S/C17H27N3O3/c1-4-20(5-2)16(21)12-19-9-6-14(7-10-19)18-17(22)15-8-11-23-13(15)3/h8,11,14H,4-7,9-10,12H2,1-3H3,(H,18,22). The van der Waals surface area contributed by atoms with Crippen molar-refractivity contribution in [1.82, 2.24) is 15.1 Å². The molecule has 1 N–H and O–H groups in total. The second kappa shape index (κ2) is 8.15. The molecule has 1 aliphatic rings. The average Bonchev–Trinajstić information content (AvgIpc) is 2.96. The van der Waals surface area contributed by atoms with Gasteiger partial charge in [-0.25, -0.2) is 0 Å². The minimum absolute atomic E-state index is 0.0751. The summed E-state index contributed by atoms with van der Waals surface area (Å²) in [4.78, 5) is 28.3. The fraction of sp³-hybridized carbons (Fsp3) is 0.647. The SMILES string of the molecule is CCN(CC)C(=O)CN1CCC(NC(=O)c2ccoc2C)CC1. The first-order valence-corrected chi connectivity index (χ1v) is 8.40. The molecule has 0 radical (unpaired) electrons. The number of hydrogen-bond donors (Lipinski definition) is 1. The highest BCUT2D eigenvalue weighted by Crippen LogP contribution is 2.13. The summed E-state index contributed by atoms with van der Waals surface area (Å²) < 4.78 is 5.17. The molecule has 0 aliphatic carbocycles. The number of likely N-dealkylation sites (N-methyl/N-ethyl adjacent to an activating group) is 1. The van der Waals surface area contributed by atoms with Gasteiger partial charge in [0, 0.05) is 32.2 Å². The summed E-state index contributed by atoms with van der Waals surface area (Å²) in [5, 5.41) is 3.06. The van der Waals surface area contributed by atoms with Crippen LogP contribution in [-0.2, 0) is 4.79 Å². The molecule has 128 valence electrons. The maximum Gasteiger partial charge on any atom is 0.255 e. The molecule has 23 heavy (non-hydrogen) atoms. The van der Waals surface area contributed by atoms with Gasteiger partial charge in [-0.1, -0.05) is 0 Å². The molecule has 2 amide bonds. The number of likely N-dealkylation sites (tertiary alicyclic amines) is 1. The van der Waals surface area contributed by atoms with Crippen molar-refractivity contribution in [2.24, 2.45) is 0 Å². The third kappa shape index (κ3) is 4.58. The smallest absolute Gasteiger partial charge is 0.255 e. The maximum atomic E-state index is 12.2. The number of aryl methyl sites for hydroxylation is 1. The van der Waals surface area contributed by atoms with Crippen molar-refractivity contribution in [1.29, 1.82) is 0 Å². The fourth-order valence-electron chi connectivity index (χ4n) is 2.99. The van der Waals surface area contributed by atoms with Crippen molar-refractivity contribution >= 4 is 11.8 Å². The second-order valence-corrected chi connectivity index (χ2v) is 5.98. The molecule has 0 spiro atoms. The zero-order chi connectivity index (χ0) is 16.8. The average molecular weight is 321 g/mol. The number of hydrogen-bond acceptors (Lipinski definition) is 4. The zero-order valence-corrected chi connectivity index (χ0v) is 14.3. The molecular weight excluding hydrogens is 294 g/mol. The van der Waals surface area contributed by atoms with Crippen LogP contribution in [0.5, 0.6) is 0 Å². The number of nitrogens with zero attached hydrogens (tertiary/aromatic N) is 2. The highest BCUT2D eigenvalue weighted by Gasteiger charge is 2.24. The van der Waals surface area contributed by atoms with Crippen LogP contribution in [0.25, 0.3) is 0 Å². The molecule has 1 fully saturated rings. The molecule has 0 aromatic carbocycles. The third-order valence-electron chi connectivity index (χ3n) is 4.50. The van der Waals surface area contributed by atoms with E-state index in [1.807, 2.05) is 18.7 Å². The van der Waals surface area contributed by atoms with E-state index in [2.05, 4.69) is 10.2 Å². The predicted octanol–water partition coefficient (Wildman–Crippen LogP) is 1.65. The fourth-order valence-corrected chi connectivity index (χ4v) is 2.99. The van der Waals surface area contributed by atoms with Gasteiger partial charge in [-0.3, -0.25) is 14.5 Å². The molecule has 2 rings (SSSR count). The molecule has 2 heterocycles. The van der Waals surface area contributed by atoms with Crippen molar-refractivity contribution in [3.05, 3.63) is 23.7 Å². The Morgan fingerprint density at radius 3 is 2.48 bits per heavy atom. The molecule has 1 aliphatic heterocycles. The lowest BCUT2D eigenvalue weighted by atomic mass is 10.0. The van der Waals surface area contributed by atoms with Gasteiger partial charge in [0.15, 0.2) is 0 Å². The zero-order valence-electron chi connectivity index (χ0n) is 14.3. The van der Waals surface area contributed by atoms with Gasteiger partial charge in [-0.05, 0) is 39.7 Å². The summed E-state index contributed by atoms with van der Waals surface area (Å²) in [5.74, 6) is 0.755. The Labute approximate surface area is 137 Å². The molecule has 0 unspecified atom stereocenters. The molecule has 0 atom stereocenters. The van der Waals surface area contributed by atoms with Gasteiger partial charge in [-0.2, -0.15) is 0 Å². The minimum Gasteiger partial charge on any atom is -0.469 e. The number of rotatable bonds is 6. The second-order valence-electron chi connectivity index (χ2n) is 5.98. The maximum absolute atomic E-state index is 12.2. The van der Waals surface area contributed by atoms with E-state index >= 15 is 0 Å². The van der Waals surface area contributed by atoms with E-state index in [0.717, 1.165) is 39.0 Å². The first-order valence-electron chi connectivity index (χ1n) is 8.40. The summed E-state index contributed by atoms with van der Waals surface area (Å²) in [6, 6.07) is 1.86. The Morgan fingerprint density at radius 2 is 1.96 bits per heavy atom. The van der Waals surface area contributed by atoms with Crippen LogP contribution in [-0.4, -0.2) is 60.4 Å². The molecule has 1 aromatic heterocycles. The van der Waals surface area contributed by atoms with Crippen LogP contribution < -0.4 is 5.32 Å². The number of amides is 2. The Balaban J connectivity index is 1.77. The Morgan fingerprint density at radius 1 is 1.30 bits per heavy atom. The van der Waals surface area contributed by atoms with E-state index in [1.165, 1.54) is 6.26 Å². The van der Waals surface area contributed by atoms with Gasteiger partial charge in [0.05, 0.1) is 18.4 Å². The Bertz CT molecular complexity index is 529. The van der Waals surface area contributed by atoms with Crippen LogP contribution >= 0.6 is 0 Å². The number of nitrogens with one attached hydrogen (secondary N) is 1. The lowest BCUT2D eigenvalue weighted by Gasteiger charge is -2.33. The number of carbonyl (C=O) groups excluding carboxylic acids is 2. The van der Waals surface area contributed by atoms with Gasteiger partial charge in [-0.15, -0.1) is 0 Å². The van der Waals surface area contributed by atoms with Crippen molar-refractivity contribution in [3.8, 4) is 0 Å². The third-order valence-corrected chi connectivity index (χ3v) is 4.50. The largest absolute Gasteiger partial charge is 0.469 e. The van der Waals surface area contributed by atoms with E-state index < -0.39 is 0 Å². The highest BCUT2D eigenvalue weighted by molar-refractivity contribution is 5.95. The summed E-state index contributed by atoms with van der Waals surface area (Å²) in [7, 11) is 0. The Kier molecular flexibility index (Phi) is 6.21. The van der Waals surface area contributed by atoms with Crippen LogP contribution in [0.15, 0.2) is 16.7 Å². The first-order chi connectivity index (χ1) is 11.0. The minimum atomic E-state index is -0.0751. The molecule has 1 saturated heterocycles. The number of piperidine rings is 1. The summed E-state index contributed by atoms with van der Waals surface area (Å²) in [5.41, 5.74) is 0.601. The number of furan rings is 1.